The third-order valence-corrected chi connectivity index (χ3v) is 5.93. The van der Waals surface area contributed by atoms with E-state index in [1.807, 2.05) is 36.4 Å². The lowest BCUT2D eigenvalue weighted by Crippen LogP contribution is -2.57. The molecule has 2 N–H and O–H groups in total. The number of carbonyl (C=O) groups is 1. The van der Waals surface area contributed by atoms with E-state index in [1.165, 1.54) is 0 Å². The van der Waals surface area contributed by atoms with E-state index in [2.05, 4.69) is 38.0 Å². The number of Topliss-reactive ketones (excluding diaryl/α,β-unsaturated/α-hetero) is 1. The molecule has 1 aliphatic rings. The summed E-state index contributed by atoms with van der Waals surface area (Å²) in [6.07, 6.45) is 4.15. The van der Waals surface area contributed by atoms with Crippen LogP contribution in [0, 0.1) is 5.92 Å². The Balaban J connectivity index is 1.47. The second kappa shape index (κ2) is 7.97. The molecule has 0 unspecified atom stereocenters. The number of aromatic nitrogens is 1. The van der Waals surface area contributed by atoms with Crippen LogP contribution >= 0.6 is 0 Å². The van der Waals surface area contributed by atoms with Crippen LogP contribution in [0.5, 0.6) is 11.5 Å². The van der Waals surface area contributed by atoms with Gasteiger partial charge in [-0.15, -0.1) is 0 Å². The number of H-pyrrole nitrogens is 1. The maximum absolute atomic E-state index is 12.9. The van der Waals surface area contributed by atoms with Gasteiger partial charge >= 0.3 is 0 Å². The number of hydrogen-bond acceptors (Lipinski definition) is 4. The highest BCUT2D eigenvalue weighted by atomic mass is 16.5. The van der Waals surface area contributed by atoms with Gasteiger partial charge in [-0.1, -0.05) is 6.07 Å². The average molecular weight is 419 g/mol. The number of fused-ring (bicyclic) bond motifs is 1. The largest absolute Gasteiger partial charge is 0.457 e. The van der Waals surface area contributed by atoms with Crippen LogP contribution in [0.3, 0.4) is 0 Å². The van der Waals surface area contributed by atoms with Gasteiger partial charge in [0, 0.05) is 34.6 Å². The van der Waals surface area contributed by atoms with Gasteiger partial charge in [-0.3, -0.25) is 9.59 Å². The molecule has 1 aromatic heterocycles. The van der Waals surface area contributed by atoms with Gasteiger partial charge in [0.15, 0.2) is 5.78 Å². The number of hydrogen-bond donors (Lipinski definition) is 2. The minimum absolute atomic E-state index is 0.0323. The molecule has 0 amide bonds. The second-order valence-corrected chi connectivity index (χ2v) is 9.94. The Labute approximate surface area is 182 Å². The summed E-state index contributed by atoms with van der Waals surface area (Å²) < 4.78 is 6.01. The van der Waals surface area contributed by atoms with Crippen LogP contribution in [0.15, 0.2) is 59.5 Å². The van der Waals surface area contributed by atoms with E-state index in [-0.39, 0.29) is 22.4 Å². The molecule has 0 radical (unpaired) electrons. The number of benzene rings is 2. The lowest BCUT2D eigenvalue weighted by Gasteiger charge is -2.46. The number of nitrogens with one attached hydrogen (secondary N) is 2. The quantitative estimate of drug-likeness (QED) is 0.541. The number of aromatic amines is 1. The van der Waals surface area contributed by atoms with E-state index in [4.69, 9.17) is 4.74 Å². The van der Waals surface area contributed by atoms with Gasteiger partial charge in [-0.25, -0.2) is 0 Å². The SMILES string of the molecule is CC1(C)CC(CC(=O)c2ccc(Oc3cccc4c(=O)[nH]ccc34)cc2)CC(C)(C)N1. The van der Waals surface area contributed by atoms with E-state index in [9.17, 15) is 9.59 Å². The van der Waals surface area contributed by atoms with Crippen molar-refractivity contribution in [1.29, 1.82) is 0 Å². The number of piperidine rings is 1. The van der Waals surface area contributed by atoms with Gasteiger partial charge in [0.25, 0.3) is 5.56 Å². The van der Waals surface area contributed by atoms with E-state index in [0.29, 0.717) is 34.8 Å². The number of ether oxygens (including phenoxy) is 1. The summed E-state index contributed by atoms with van der Waals surface area (Å²) in [6.45, 7) is 8.83. The average Bonchev–Trinajstić information content (AvgIpc) is 2.67. The van der Waals surface area contributed by atoms with Crippen molar-refractivity contribution in [3.05, 3.63) is 70.6 Å². The van der Waals surface area contributed by atoms with Crippen molar-refractivity contribution < 1.29 is 9.53 Å². The molecule has 31 heavy (non-hydrogen) atoms. The Bertz CT molecular complexity index is 1140. The Morgan fingerprint density at radius 1 is 0.968 bits per heavy atom. The third-order valence-electron chi connectivity index (χ3n) is 5.93. The first-order valence-electron chi connectivity index (χ1n) is 10.8. The molecule has 2 aromatic carbocycles. The van der Waals surface area contributed by atoms with Crippen LogP contribution in [0.4, 0.5) is 0 Å². The molecule has 0 spiro atoms. The van der Waals surface area contributed by atoms with Gasteiger partial charge in [0.2, 0.25) is 0 Å². The van der Waals surface area contributed by atoms with Crippen molar-refractivity contribution in [2.75, 3.05) is 0 Å². The topological polar surface area (TPSA) is 71.2 Å². The van der Waals surface area contributed by atoms with Gasteiger partial charge < -0.3 is 15.0 Å². The van der Waals surface area contributed by atoms with Gasteiger partial charge in [0.05, 0.1) is 5.39 Å². The van der Waals surface area contributed by atoms with Crippen LogP contribution in [0.25, 0.3) is 10.8 Å². The zero-order chi connectivity index (χ0) is 22.2. The molecule has 0 atom stereocenters. The Morgan fingerprint density at radius 2 is 1.65 bits per heavy atom. The number of pyridine rings is 1. The maximum atomic E-state index is 12.9. The first kappa shape index (κ1) is 21.3. The molecule has 1 fully saturated rings. The molecule has 5 heteroatoms. The van der Waals surface area contributed by atoms with Gasteiger partial charge in [0.1, 0.15) is 11.5 Å². The van der Waals surface area contributed by atoms with Crippen molar-refractivity contribution >= 4 is 16.6 Å². The van der Waals surface area contributed by atoms with Crippen molar-refractivity contribution in [1.82, 2.24) is 10.3 Å². The fourth-order valence-electron chi connectivity index (χ4n) is 5.18. The summed E-state index contributed by atoms with van der Waals surface area (Å²) in [5, 5.41) is 5.01. The minimum atomic E-state index is -0.145. The molecule has 0 bridgehead atoms. The number of ketones is 1. The lowest BCUT2D eigenvalue weighted by atomic mass is 9.74. The summed E-state index contributed by atoms with van der Waals surface area (Å²) in [5.74, 6) is 1.78. The predicted molar refractivity (Wildman–Crippen MR) is 124 cm³/mol. The zero-order valence-corrected chi connectivity index (χ0v) is 18.6. The summed E-state index contributed by atoms with van der Waals surface area (Å²) in [6, 6.07) is 14.5. The van der Waals surface area contributed by atoms with E-state index >= 15 is 0 Å². The van der Waals surface area contributed by atoms with Crippen LogP contribution in [0.2, 0.25) is 0 Å². The van der Waals surface area contributed by atoms with Crippen LogP contribution in [-0.2, 0) is 0 Å². The fourth-order valence-corrected chi connectivity index (χ4v) is 5.18. The van der Waals surface area contributed by atoms with Crippen LogP contribution in [-0.4, -0.2) is 21.8 Å². The Kier molecular flexibility index (Phi) is 5.48. The highest BCUT2D eigenvalue weighted by Gasteiger charge is 2.38. The van der Waals surface area contributed by atoms with Crippen molar-refractivity contribution in [2.24, 2.45) is 5.92 Å². The van der Waals surface area contributed by atoms with Gasteiger partial charge in [-0.05, 0) is 88.9 Å². The van der Waals surface area contributed by atoms with Crippen molar-refractivity contribution in [2.45, 2.75) is 58.0 Å². The standard InChI is InChI=1S/C26H30N2O3/c1-25(2)15-17(16-26(3,4)28-25)14-22(29)18-8-10-19(11-9-18)31-23-7-5-6-21-20(23)12-13-27-24(21)30/h5-13,17,28H,14-16H2,1-4H3,(H,27,30). The van der Waals surface area contributed by atoms with Crippen LogP contribution < -0.4 is 15.6 Å². The molecule has 162 valence electrons. The molecule has 0 aliphatic carbocycles. The summed E-state index contributed by atoms with van der Waals surface area (Å²) in [4.78, 5) is 27.6. The Morgan fingerprint density at radius 3 is 2.32 bits per heavy atom. The maximum Gasteiger partial charge on any atom is 0.255 e. The second-order valence-electron chi connectivity index (χ2n) is 9.94. The molecule has 2 heterocycles. The fraction of sp³-hybridized carbons (Fsp3) is 0.385. The smallest absolute Gasteiger partial charge is 0.255 e. The monoisotopic (exact) mass is 418 g/mol. The minimum Gasteiger partial charge on any atom is -0.457 e. The summed E-state index contributed by atoms with van der Waals surface area (Å²) >= 11 is 0. The summed E-state index contributed by atoms with van der Waals surface area (Å²) in [5.41, 5.74) is 0.624. The van der Waals surface area contributed by atoms with E-state index in [1.54, 1.807) is 18.3 Å². The number of carbonyl (C=O) groups excluding carboxylic acids is 1. The normalized spacial score (nSPS) is 18.1. The highest BCUT2D eigenvalue weighted by Crippen LogP contribution is 2.35. The van der Waals surface area contributed by atoms with Crippen molar-refractivity contribution in [3.8, 4) is 11.5 Å². The zero-order valence-electron chi connectivity index (χ0n) is 18.6. The lowest BCUT2D eigenvalue weighted by molar-refractivity contribution is 0.0864. The van der Waals surface area contributed by atoms with E-state index < -0.39 is 0 Å². The van der Waals surface area contributed by atoms with Gasteiger partial charge in [-0.2, -0.15) is 0 Å². The predicted octanol–water partition coefficient (Wildman–Crippen LogP) is 5.45. The Hall–Kier alpha value is -2.92. The highest BCUT2D eigenvalue weighted by molar-refractivity contribution is 5.96. The summed E-state index contributed by atoms with van der Waals surface area (Å²) in [7, 11) is 0. The molecule has 1 saturated heterocycles. The number of rotatable bonds is 5. The third kappa shape index (κ3) is 4.88. The molecule has 3 aromatic rings. The molecule has 1 aliphatic heterocycles. The molecular formula is C26H30N2O3. The molecular weight excluding hydrogens is 388 g/mol. The van der Waals surface area contributed by atoms with Crippen molar-refractivity contribution in [3.63, 3.8) is 0 Å². The van der Waals surface area contributed by atoms with Crippen LogP contribution in [0.1, 0.15) is 57.3 Å². The molecule has 5 nitrogen and oxygen atoms in total. The molecule has 4 rings (SSSR count). The first-order valence-corrected chi connectivity index (χ1v) is 10.8. The van der Waals surface area contributed by atoms with E-state index in [0.717, 1.165) is 18.2 Å². The molecule has 0 saturated carbocycles. The first-order chi connectivity index (χ1) is 14.6.